The van der Waals surface area contributed by atoms with E-state index in [-0.39, 0.29) is 0 Å². The number of aryl methyl sites for hydroxylation is 1. The van der Waals surface area contributed by atoms with E-state index in [1.807, 2.05) is 19.1 Å². The summed E-state index contributed by atoms with van der Waals surface area (Å²) < 4.78 is 14.2. The predicted octanol–water partition coefficient (Wildman–Crippen LogP) is 3.67. The number of fused-ring (bicyclic) bond motifs is 1. The highest BCUT2D eigenvalue weighted by Crippen LogP contribution is 2.26. The molecule has 2 heterocycles. The number of benzene rings is 1. The number of ether oxygens (including phenoxy) is 2. The number of nitrogens with zero attached hydrogens (tertiary/aromatic N) is 1. The lowest BCUT2D eigenvalue weighted by Gasteiger charge is -2.10. The van der Waals surface area contributed by atoms with E-state index in [1.54, 1.807) is 0 Å². The van der Waals surface area contributed by atoms with E-state index in [2.05, 4.69) is 15.6 Å². The van der Waals surface area contributed by atoms with Crippen molar-refractivity contribution in [1.29, 1.82) is 0 Å². The molecule has 0 spiro atoms. The molecule has 1 saturated heterocycles. The van der Waals surface area contributed by atoms with Gasteiger partial charge in [0.2, 0.25) is 0 Å². The van der Waals surface area contributed by atoms with Gasteiger partial charge in [-0.05, 0) is 50.5 Å². The van der Waals surface area contributed by atoms with Crippen LogP contribution in [0.25, 0.3) is 11.0 Å². The van der Waals surface area contributed by atoms with Gasteiger partial charge in [-0.2, -0.15) is 0 Å². The second kappa shape index (κ2) is 5.97. The highest BCUT2D eigenvalue weighted by atomic mass is 32.1. The number of hydrogen-bond acceptors (Lipinski definition) is 3. The zero-order valence-electron chi connectivity index (χ0n) is 11.7. The molecule has 1 aliphatic rings. The van der Waals surface area contributed by atoms with Gasteiger partial charge < -0.3 is 19.0 Å². The van der Waals surface area contributed by atoms with Crippen molar-refractivity contribution in [2.75, 3.05) is 13.2 Å². The Morgan fingerprint density at radius 2 is 2.40 bits per heavy atom. The fraction of sp³-hybridized carbons (Fsp3) is 0.533. The highest BCUT2D eigenvalue weighted by Gasteiger charge is 2.16. The summed E-state index contributed by atoms with van der Waals surface area (Å²) in [5.74, 6) is 0.868. The Morgan fingerprint density at radius 1 is 1.50 bits per heavy atom. The van der Waals surface area contributed by atoms with Gasteiger partial charge in [-0.25, -0.2) is 0 Å². The molecule has 0 amide bonds. The van der Waals surface area contributed by atoms with Crippen molar-refractivity contribution in [3.8, 4) is 5.75 Å². The average molecular weight is 292 g/mol. The molecule has 20 heavy (non-hydrogen) atoms. The number of hydrogen-bond donors (Lipinski definition) is 1. The molecule has 0 radical (unpaired) electrons. The number of imidazole rings is 1. The standard InChI is InChI=1S/C15H20N2O2S/c1-2-18-13-7-3-6-12-14(13)16-15(20)17(12)9-8-11-5-4-10-19-11/h3,6-7,11H,2,4-5,8-10H2,1H3,(H,16,20). The zero-order valence-corrected chi connectivity index (χ0v) is 12.5. The Balaban J connectivity index is 1.88. The number of nitrogens with one attached hydrogen (secondary N) is 1. The van der Waals surface area contributed by atoms with E-state index in [1.165, 1.54) is 12.8 Å². The number of aromatic nitrogens is 2. The third-order valence-electron chi connectivity index (χ3n) is 3.77. The molecule has 1 atom stereocenters. The normalized spacial score (nSPS) is 18.8. The smallest absolute Gasteiger partial charge is 0.178 e. The van der Waals surface area contributed by atoms with Gasteiger partial charge in [-0.15, -0.1) is 0 Å². The molecule has 2 aromatic rings. The van der Waals surface area contributed by atoms with Crippen LogP contribution in [0.1, 0.15) is 26.2 Å². The lowest BCUT2D eigenvalue weighted by Crippen LogP contribution is -2.10. The first-order valence-electron chi connectivity index (χ1n) is 7.25. The van der Waals surface area contributed by atoms with Crippen molar-refractivity contribution in [3.05, 3.63) is 23.0 Å². The van der Waals surface area contributed by atoms with Gasteiger partial charge in [0.15, 0.2) is 4.77 Å². The summed E-state index contributed by atoms with van der Waals surface area (Å²) in [5.41, 5.74) is 2.10. The van der Waals surface area contributed by atoms with Gasteiger partial charge in [0.05, 0.1) is 18.2 Å². The summed E-state index contributed by atoms with van der Waals surface area (Å²) >= 11 is 5.45. The van der Waals surface area contributed by atoms with Crippen molar-refractivity contribution < 1.29 is 9.47 Å². The summed E-state index contributed by atoms with van der Waals surface area (Å²) in [5, 5.41) is 0. The number of H-pyrrole nitrogens is 1. The quantitative estimate of drug-likeness (QED) is 0.855. The van der Waals surface area contributed by atoms with Crippen molar-refractivity contribution in [2.45, 2.75) is 38.8 Å². The number of aromatic amines is 1. The molecule has 0 bridgehead atoms. The molecule has 5 heteroatoms. The summed E-state index contributed by atoms with van der Waals surface area (Å²) in [4.78, 5) is 3.27. The predicted molar refractivity (Wildman–Crippen MR) is 81.9 cm³/mol. The van der Waals surface area contributed by atoms with Crippen LogP contribution in [0.2, 0.25) is 0 Å². The van der Waals surface area contributed by atoms with Crippen LogP contribution in [0.3, 0.4) is 0 Å². The molecule has 0 aliphatic carbocycles. The summed E-state index contributed by atoms with van der Waals surface area (Å²) in [6, 6.07) is 6.07. The van der Waals surface area contributed by atoms with Crippen molar-refractivity contribution in [2.24, 2.45) is 0 Å². The van der Waals surface area contributed by atoms with Crippen LogP contribution < -0.4 is 4.74 Å². The summed E-state index contributed by atoms with van der Waals surface area (Å²) in [6.45, 7) is 4.43. The monoisotopic (exact) mass is 292 g/mol. The molecule has 1 unspecified atom stereocenters. The van der Waals surface area contributed by atoms with E-state index < -0.39 is 0 Å². The van der Waals surface area contributed by atoms with Crippen LogP contribution in [0.4, 0.5) is 0 Å². The Kier molecular flexibility index (Phi) is 4.08. The van der Waals surface area contributed by atoms with Crippen LogP contribution >= 0.6 is 12.2 Å². The van der Waals surface area contributed by atoms with Gasteiger partial charge in [0.1, 0.15) is 11.3 Å². The Bertz CT molecular complexity index is 641. The Morgan fingerprint density at radius 3 is 3.15 bits per heavy atom. The Labute approximate surface area is 123 Å². The van der Waals surface area contributed by atoms with Crippen LogP contribution in [0, 0.1) is 4.77 Å². The minimum absolute atomic E-state index is 0.386. The second-order valence-electron chi connectivity index (χ2n) is 5.09. The highest BCUT2D eigenvalue weighted by molar-refractivity contribution is 7.71. The lowest BCUT2D eigenvalue weighted by atomic mass is 10.2. The second-order valence-corrected chi connectivity index (χ2v) is 5.48. The Hall–Kier alpha value is -1.33. The van der Waals surface area contributed by atoms with Crippen molar-refractivity contribution in [1.82, 2.24) is 9.55 Å². The molecule has 0 saturated carbocycles. The average Bonchev–Trinajstić information content (AvgIpc) is 3.05. The van der Waals surface area contributed by atoms with Crippen LogP contribution in [0.5, 0.6) is 5.75 Å². The first kappa shape index (κ1) is 13.6. The largest absolute Gasteiger partial charge is 0.492 e. The van der Waals surface area contributed by atoms with Crippen LogP contribution in [0.15, 0.2) is 18.2 Å². The van der Waals surface area contributed by atoms with Gasteiger partial charge in [-0.3, -0.25) is 0 Å². The van der Waals surface area contributed by atoms with Gasteiger partial charge in [-0.1, -0.05) is 6.07 Å². The fourth-order valence-electron chi connectivity index (χ4n) is 2.80. The molecule has 1 fully saturated rings. The first-order valence-corrected chi connectivity index (χ1v) is 7.66. The SMILES string of the molecule is CCOc1cccc2c1[nH]c(=S)n2CCC1CCCO1. The first-order chi connectivity index (χ1) is 9.79. The molecule has 3 rings (SSSR count). The van der Waals surface area contributed by atoms with E-state index in [9.17, 15) is 0 Å². The summed E-state index contributed by atoms with van der Waals surface area (Å²) in [6.07, 6.45) is 3.75. The van der Waals surface area contributed by atoms with Crippen LogP contribution in [-0.2, 0) is 11.3 Å². The van der Waals surface area contributed by atoms with Crippen LogP contribution in [-0.4, -0.2) is 28.9 Å². The minimum atomic E-state index is 0.386. The third kappa shape index (κ3) is 2.60. The third-order valence-corrected chi connectivity index (χ3v) is 4.09. The van der Waals surface area contributed by atoms with Crippen molar-refractivity contribution >= 4 is 23.3 Å². The molecule has 1 aromatic heterocycles. The lowest BCUT2D eigenvalue weighted by molar-refractivity contribution is 0.101. The van der Waals surface area contributed by atoms with E-state index in [4.69, 9.17) is 21.7 Å². The fourth-order valence-corrected chi connectivity index (χ4v) is 3.09. The molecule has 1 aliphatic heterocycles. The number of para-hydroxylation sites is 1. The molecular weight excluding hydrogens is 272 g/mol. The maximum atomic E-state index is 5.68. The molecule has 108 valence electrons. The zero-order chi connectivity index (χ0) is 13.9. The maximum absolute atomic E-state index is 5.68. The van der Waals surface area contributed by atoms with Gasteiger partial charge in [0.25, 0.3) is 0 Å². The van der Waals surface area contributed by atoms with E-state index in [0.29, 0.717) is 12.7 Å². The van der Waals surface area contributed by atoms with E-state index in [0.717, 1.165) is 41.1 Å². The molecular formula is C15H20N2O2S. The number of rotatable bonds is 5. The van der Waals surface area contributed by atoms with Gasteiger partial charge >= 0.3 is 0 Å². The van der Waals surface area contributed by atoms with Gasteiger partial charge in [0, 0.05) is 13.2 Å². The van der Waals surface area contributed by atoms with Crippen molar-refractivity contribution in [3.63, 3.8) is 0 Å². The summed E-state index contributed by atoms with van der Waals surface area (Å²) in [7, 11) is 0. The maximum Gasteiger partial charge on any atom is 0.178 e. The molecule has 1 aromatic carbocycles. The molecule has 1 N–H and O–H groups in total. The molecule has 4 nitrogen and oxygen atoms in total. The van der Waals surface area contributed by atoms with E-state index >= 15 is 0 Å². The topological polar surface area (TPSA) is 39.2 Å². The minimum Gasteiger partial charge on any atom is -0.492 e.